The van der Waals surface area contributed by atoms with Crippen LogP contribution in [0.2, 0.25) is 0 Å². The Balaban J connectivity index is 2.95. The summed E-state index contributed by atoms with van der Waals surface area (Å²) in [7, 11) is 0. The second-order valence-corrected chi connectivity index (χ2v) is 4.56. The van der Waals surface area contributed by atoms with E-state index in [9.17, 15) is 4.79 Å². The summed E-state index contributed by atoms with van der Waals surface area (Å²) in [6.45, 7) is 7.42. The van der Waals surface area contributed by atoms with Gasteiger partial charge in [0.15, 0.2) is 0 Å². The smallest absolute Gasteiger partial charge is 0.308 e. The molecule has 1 rings (SSSR count). The van der Waals surface area contributed by atoms with Crippen LogP contribution in [-0.2, 0) is 4.79 Å². The number of hydrogen-bond donors (Lipinski definition) is 0. The maximum atomic E-state index is 10.9. The Morgan fingerprint density at radius 3 is 2.50 bits per heavy atom. The molecule has 0 fully saturated rings. The van der Waals surface area contributed by atoms with Crippen molar-refractivity contribution in [1.82, 2.24) is 0 Å². The molecule has 0 amide bonds. The zero-order valence-corrected chi connectivity index (χ0v) is 10.2. The van der Waals surface area contributed by atoms with Gasteiger partial charge in [-0.25, -0.2) is 0 Å². The van der Waals surface area contributed by atoms with Gasteiger partial charge < -0.3 is 4.74 Å². The molecule has 0 radical (unpaired) electrons. The lowest BCUT2D eigenvalue weighted by Crippen LogP contribution is -2.10. The molecule has 86 valence electrons. The van der Waals surface area contributed by atoms with Crippen molar-refractivity contribution in [2.75, 3.05) is 0 Å². The second-order valence-electron chi connectivity index (χ2n) is 4.56. The van der Waals surface area contributed by atoms with Gasteiger partial charge in [0.25, 0.3) is 0 Å². The Morgan fingerprint density at radius 2 is 1.94 bits per heavy atom. The zero-order chi connectivity index (χ0) is 12.2. The van der Waals surface area contributed by atoms with Crippen LogP contribution in [0.5, 0.6) is 5.75 Å². The fourth-order valence-electron chi connectivity index (χ4n) is 1.10. The lowest BCUT2D eigenvalue weighted by atomic mass is 10.1. The first kappa shape index (κ1) is 12.4. The van der Waals surface area contributed by atoms with E-state index in [1.54, 1.807) is 12.3 Å². The van der Waals surface area contributed by atoms with E-state index in [0.29, 0.717) is 5.75 Å². The van der Waals surface area contributed by atoms with Crippen LogP contribution in [0.4, 0.5) is 0 Å². The molecule has 0 bridgehead atoms. The summed E-state index contributed by atoms with van der Waals surface area (Å²) < 4.78 is 5.08. The minimum Gasteiger partial charge on any atom is -0.426 e. The number of aliphatic imine (C=N–C) groups is 1. The first-order valence-corrected chi connectivity index (χ1v) is 5.21. The SMILES string of the molecule is CC(=O)Oc1ccccc1C=NC(C)(C)C. The molecule has 0 saturated carbocycles. The van der Waals surface area contributed by atoms with Gasteiger partial charge in [-0.2, -0.15) is 0 Å². The first-order valence-electron chi connectivity index (χ1n) is 5.21. The highest BCUT2D eigenvalue weighted by Crippen LogP contribution is 2.17. The highest BCUT2D eigenvalue weighted by molar-refractivity contribution is 5.85. The number of rotatable bonds is 2. The maximum Gasteiger partial charge on any atom is 0.308 e. The van der Waals surface area contributed by atoms with Crippen molar-refractivity contribution in [2.24, 2.45) is 4.99 Å². The molecule has 0 aromatic heterocycles. The number of benzene rings is 1. The molecular weight excluding hydrogens is 202 g/mol. The summed E-state index contributed by atoms with van der Waals surface area (Å²) in [6.07, 6.45) is 1.73. The number of para-hydroxylation sites is 1. The molecule has 0 heterocycles. The van der Waals surface area contributed by atoms with Crippen molar-refractivity contribution in [3.8, 4) is 5.75 Å². The highest BCUT2D eigenvalue weighted by atomic mass is 16.5. The van der Waals surface area contributed by atoms with Gasteiger partial charge in [0.1, 0.15) is 5.75 Å². The zero-order valence-electron chi connectivity index (χ0n) is 10.2. The molecule has 3 heteroatoms. The molecule has 0 saturated heterocycles. The van der Waals surface area contributed by atoms with Gasteiger partial charge in [-0.3, -0.25) is 9.79 Å². The van der Waals surface area contributed by atoms with Gasteiger partial charge in [-0.1, -0.05) is 12.1 Å². The van der Waals surface area contributed by atoms with Gasteiger partial charge in [-0.15, -0.1) is 0 Å². The maximum absolute atomic E-state index is 10.9. The molecule has 0 aliphatic carbocycles. The number of nitrogens with zero attached hydrogens (tertiary/aromatic N) is 1. The van der Waals surface area contributed by atoms with Gasteiger partial charge >= 0.3 is 5.97 Å². The third kappa shape index (κ3) is 4.26. The molecule has 0 atom stereocenters. The Hall–Kier alpha value is -1.64. The molecule has 16 heavy (non-hydrogen) atoms. The standard InChI is InChI=1S/C13H17NO2/c1-10(15)16-12-8-6-5-7-11(12)9-14-13(2,3)4/h5-9H,1-4H3. The lowest BCUT2D eigenvalue weighted by Gasteiger charge is -2.11. The fourth-order valence-corrected chi connectivity index (χ4v) is 1.10. The Bertz CT molecular complexity index is 403. The Labute approximate surface area is 96.2 Å². The van der Waals surface area contributed by atoms with Crippen LogP contribution in [0.1, 0.15) is 33.3 Å². The van der Waals surface area contributed by atoms with E-state index in [1.165, 1.54) is 6.92 Å². The van der Waals surface area contributed by atoms with Crippen LogP contribution in [0.3, 0.4) is 0 Å². The molecule has 1 aromatic rings. The summed E-state index contributed by atoms with van der Waals surface area (Å²) in [5.41, 5.74) is 0.677. The summed E-state index contributed by atoms with van der Waals surface area (Å²) >= 11 is 0. The fraction of sp³-hybridized carbons (Fsp3) is 0.385. The normalized spacial score (nSPS) is 11.8. The summed E-state index contributed by atoms with van der Waals surface area (Å²) in [5.74, 6) is 0.222. The highest BCUT2D eigenvalue weighted by Gasteiger charge is 2.07. The van der Waals surface area contributed by atoms with Gasteiger partial charge in [-0.05, 0) is 32.9 Å². The summed E-state index contributed by atoms with van der Waals surface area (Å²) in [4.78, 5) is 15.3. The molecule has 0 aliphatic heterocycles. The molecule has 0 spiro atoms. The van der Waals surface area contributed by atoms with Crippen LogP contribution >= 0.6 is 0 Å². The van der Waals surface area contributed by atoms with E-state index in [0.717, 1.165) is 5.56 Å². The van der Waals surface area contributed by atoms with Crippen LogP contribution in [0, 0.1) is 0 Å². The number of carbonyl (C=O) groups is 1. The molecular formula is C13H17NO2. The van der Waals surface area contributed by atoms with Crippen molar-refractivity contribution in [2.45, 2.75) is 33.2 Å². The number of carbonyl (C=O) groups excluding carboxylic acids is 1. The lowest BCUT2D eigenvalue weighted by molar-refractivity contribution is -0.131. The molecule has 1 aromatic carbocycles. The monoisotopic (exact) mass is 219 g/mol. The van der Waals surface area contributed by atoms with Gasteiger partial charge in [0.2, 0.25) is 0 Å². The average Bonchev–Trinajstić information content (AvgIpc) is 2.14. The van der Waals surface area contributed by atoms with E-state index < -0.39 is 0 Å². The van der Waals surface area contributed by atoms with E-state index in [-0.39, 0.29) is 11.5 Å². The largest absolute Gasteiger partial charge is 0.426 e. The quantitative estimate of drug-likeness (QED) is 0.436. The minimum absolute atomic E-state index is 0.136. The summed E-state index contributed by atoms with van der Waals surface area (Å²) in [5, 5.41) is 0. The van der Waals surface area contributed by atoms with Crippen LogP contribution in [0.25, 0.3) is 0 Å². The number of hydrogen-bond acceptors (Lipinski definition) is 3. The van der Waals surface area contributed by atoms with E-state index in [2.05, 4.69) is 4.99 Å². The van der Waals surface area contributed by atoms with Crippen molar-refractivity contribution >= 4 is 12.2 Å². The van der Waals surface area contributed by atoms with Gasteiger partial charge in [0.05, 0.1) is 5.54 Å². The van der Waals surface area contributed by atoms with Crippen LogP contribution in [0.15, 0.2) is 29.3 Å². The first-order chi connectivity index (χ1) is 7.38. The van der Waals surface area contributed by atoms with E-state index >= 15 is 0 Å². The van der Waals surface area contributed by atoms with Crippen molar-refractivity contribution in [3.63, 3.8) is 0 Å². The predicted molar refractivity (Wildman–Crippen MR) is 65.1 cm³/mol. The van der Waals surface area contributed by atoms with Crippen molar-refractivity contribution in [3.05, 3.63) is 29.8 Å². The molecule has 3 nitrogen and oxygen atoms in total. The number of esters is 1. The molecule has 0 unspecified atom stereocenters. The molecule has 0 aliphatic rings. The summed E-state index contributed by atoms with van der Waals surface area (Å²) in [6, 6.07) is 7.34. The predicted octanol–water partition coefficient (Wildman–Crippen LogP) is 2.83. The van der Waals surface area contributed by atoms with E-state index in [1.807, 2.05) is 39.0 Å². The van der Waals surface area contributed by atoms with Crippen LogP contribution < -0.4 is 4.74 Å². The van der Waals surface area contributed by atoms with Crippen molar-refractivity contribution in [1.29, 1.82) is 0 Å². The van der Waals surface area contributed by atoms with E-state index in [4.69, 9.17) is 4.74 Å². The second kappa shape index (κ2) is 4.92. The minimum atomic E-state index is -0.323. The van der Waals surface area contributed by atoms with Crippen molar-refractivity contribution < 1.29 is 9.53 Å². The Morgan fingerprint density at radius 1 is 1.31 bits per heavy atom. The molecule has 0 N–H and O–H groups in total. The number of ether oxygens (including phenoxy) is 1. The topological polar surface area (TPSA) is 38.7 Å². The van der Waals surface area contributed by atoms with Gasteiger partial charge in [0, 0.05) is 18.7 Å². The average molecular weight is 219 g/mol. The van der Waals surface area contributed by atoms with Crippen LogP contribution in [-0.4, -0.2) is 17.7 Å². The Kier molecular flexibility index (Phi) is 3.82. The third-order valence-electron chi connectivity index (χ3n) is 1.76. The third-order valence-corrected chi connectivity index (χ3v) is 1.76.